The van der Waals surface area contributed by atoms with Gasteiger partial charge in [-0.15, -0.1) is 12.4 Å². The van der Waals surface area contributed by atoms with Crippen LogP contribution in [0.15, 0.2) is 78.9 Å². The van der Waals surface area contributed by atoms with E-state index in [-0.39, 0.29) is 36.0 Å². The molecule has 0 radical (unpaired) electrons. The second-order valence-electron chi connectivity index (χ2n) is 6.86. The number of nitrogens with one attached hydrogen (secondary N) is 2. The lowest BCUT2D eigenvalue weighted by molar-refractivity contribution is -0.119. The quantitative estimate of drug-likeness (QED) is 0.661. The third-order valence-electron chi connectivity index (χ3n) is 5.09. The van der Waals surface area contributed by atoms with Crippen molar-refractivity contribution < 1.29 is 9.18 Å². The first-order valence-electron chi connectivity index (χ1n) is 9.13. The topological polar surface area (TPSA) is 41.1 Å². The number of halogens is 2. The Kier molecular flexibility index (Phi) is 6.45. The van der Waals surface area contributed by atoms with Crippen LogP contribution in [0, 0.1) is 11.7 Å². The van der Waals surface area contributed by atoms with Gasteiger partial charge in [0.2, 0.25) is 5.91 Å². The van der Waals surface area contributed by atoms with E-state index in [0.717, 1.165) is 22.4 Å². The highest BCUT2D eigenvalue weighted by atomic mass is 35.5. The summed E-state index contributed by atoms with van der Waals surface area (Å²) in [6.07, 6.45) is 0. The fraction of sp³-hybridized carbons (Fsp3) is 0.174. The Morgan fingerprint density at radius 3 is 2.36 bits per heavy atom. The van der Waals surface area contributed by atoms with E-state index < -0.39 is 0 Å². The first kappa shape index (κ1) is 20.1. The number of hydrogen-bond acceptors (Lipinski definition) is 2. The molecule has 1 aliphatic rings. The molecule has 1 fully saturated rings. The van der Waals surface area contributed by atoms with E-state index in [9.17, 15) is 9.18 Å². The molecule has 5 heteroatoms. The normalized spacial score (nSPS) is 18.3. The molecular weight excluding hydrogens is 375 g/mol. The van der Waals surface area contributed by atoms with Crippen molar-refractivity contribution in [2.24, 2.45) is 5.92 Å². The first-order valence-corrected chi connectivity index (χ1v) is 9.13. The zero-order valence-corrected chi connectivity index (χ0v) is 16.1. The Morgan fingerprint density at radius 1 is 0.893 bits per heavy atom. The monoisotopic (exact) mass is 396 g/mol. The van der Waals surface area contributed by atoms with Crippen LogP contribution in [0.25, 0.3) is 11.1 Å². The minimum atomic E-state index is -0.261. The standard InChI is InChI=1S/C23H21FN2O.ClH/c24-19-11-9-17(10-12-19)21-14-25-15-22(21)23(27)26-20-8-4-7-18(13-20)16-5-2-1-3-6-16;/h1-13,21-22,25H,14-15H2,(H,26,27);1H/t21-,22+;/m1./s1. The van der Waals surface area contributed by atoms with Gasteiger partial charge in [-0.1, -0.05) is 54.6 Å². The molecule has 3 aromatic carbocycles. The van der Waals surface area contributed by atoms with Gasteiger partial charge in [-0.2, -0.15) is 0 Å². The maximum absolute atomic E-state index is 13.2. The van der Waals surface area contributed by atoms with Crippen molar-refractivity contribution in [3.63, 3.8) is 0 Å². The van der Waals surface area contributed by atoms with Crippen molar-refractivity contribution in [2.75, 3.05) is 18.4 Å². The van der Waals surface area contributed by atoms with Crippen molar-refractivity contribution in [1.82, 2.24) is 5.32 Å². The van der Waals surface area contributed by atoms with E-state index in [1.807, 2.05) is 54.6 Å². The van der Waals surface area contributed by atoms with Gasteiger partial charge in [0.05, 0.1) is 5.92 Å². The van der Waals surface area contributed by atoms with Crippen LogP contribution in [-0.2, 0) is 4.79 Å². The van der Waals surface area contributed by atoms with E-state index in [2.05, 4.69) is 10.6 Å². The number of rotatable bonds is 4. The number of hydrogen-bond donors (Lipinski definition) is 2. The maximum atomic E-state index is 13.2. The molecule has 0 bridgehead atoms. The highest BCUT2D eigenvalue weighted by Crippen LogP contribution is 2.30. The Bertz CT molecular complexity index is 931. The predicted molar refractivity (Wildman–Crippen MR) is 113 cm³/mol. The molecule has 2 N–H and O–H groups in total. The molecule has 0 saturated carbocycles. The van der Waals surface area contributed by atoms with Crippen molar-refractivity contribution in [3.8, 4) is 11.1 Å². The fourth-order valence-electron chi connectivity index (χ4n) is 3.66. The van der Waals surface area contributed by atoms with Crippen LogP contribution in [0.4, 0.5) is 10.1 Å². The van der Waals surface area contributed by atoms with Gasteiger partial charge in [0.25, 0.3) is 0 Å². The molecule has 0 spiro atoms. The molecule has 0 unspecified atom stereocenters. The molecule has 4 rings (SSSR count). The van der Waals surface area contributed by atoms with Gasteiger partial charge in [0.1, 0.15) is 5.82 Å². The number of benzene rings is 3. The lowest BCUT2D eigenvalue weighted by atomic mass is 9.88. The molecule has 0 aromatic heterocycles. The van der Waals surface area contributed by atoms with Crippen LogP contribution < -0.4 is 10.6 Å². The minimum absolute atomic E-state index is 0. The van der Waals surface area contributed by atoms with E-state index in [4.69, 9.17) is 0 Å². The zero-order valence-electron chi connectivity index (χ0n) is 15.3. The molecule has 1 amide bonds. The van der Waals surface area contributed by atoms with Gasteiger partial charge in [0.15, 0.2) is 0 Å². The average molecular weight is 397 g/mol. The van der Waals surface area contributed by atoms with Gasteiger partial charge in [-0.05, 0) is 41.0 Å². The molecule has 1 aliphatic heterocycles. The third-order valence-corrected chi connectivity index (χ3v) is 5.09. The molecular formula is C23H22ClFN2O. The zero-order chi connectivity index (χ0) is 18.6. The summed E-state index contributed by atoms with van der Waals surface area (Å²) in [6, 6.07) is 24.4. The van der Waals surface area contributed by atoms with E-state index in [1.165, 1.54) is 12.1 Å². The fourth-order valence-corrected chi connectivity index (χ4v) is 3.66. The molecule has 2 atom stereocenters. The van der Waals surface area contributed by atoms with E-state index in [0.29, 0.717) is 13.1 Å². The summed E-state index contributed by atoms with van der Waals surface area (Å²) >= 11 is 0. The Balaban J connectivity index is 0.00000225. The largest absolute Gasteiger partial charge is 0.326 e. The van der Waals surface area contributed by atoms with Gasteiger partial charge >= 0.3 is 0 Å². The lowest BCUT2D eigenvalue weighted by Crippen LogP contribution is -2.28. The molecule has 0 aliphatic carbocycles. The summed E-state index contributed by atoms with van der Waals surface area (Å²) in [5.41, 5.74) is 3.94. The van der Waals surface area contributed by atoms with Crippen molar-refractivity contribution in [2.45, 2.75) is 5.92 Å². The molecule has 1 heterocycles. The van der Waals surface area contributed by atoms with Gasteiger partial charge in [-0.3, -0.25) is 4.79 Å². The summed E-state index contributed by atoms with van der Waals surface area (Å²) in [5, 5.41) is 6.34. The van der Waals surface area contributed by atoms with Crippen LogP contribution in [0.1, 0.15) is 11.5 Å². The van der Waals surface area contributed by atoms with Gasteiger partial charge in [-0.25, -0.2) is 4.39 Å². The number of amides is 1. The number of carbonyl (C=O) groups is 1. The van der Waals surface area contributed by atoms with Crippen molar-refractivity contribution in [3.05, 3.63) is 90.2 Å². The third kappa shape index (κ3) is 4.41. The SMILES string of the molecule is Cl.O=C(Nc1cccc(-c2ccccc2)c1)[C@H]1CNC[C@@H]1c1ccc(F)cc1. The van der Waals surface area contributed by atoms with Crippen LogP contribution in [0.3, 0.4) is 0 Å². The Labute approximate surface area is 170 Å². The van der Waals surface area contributed by atoms with Crippen LogP contribution in [-0.4, -0.2) is 19.0 Å². The van der Waals surface area contributed by atoms with Crippen molar-refractivity contribution in [1.29, 1.82) is 0 Å². The predicted octanol–water partition coefficient (Wildman–Crippen LogP) is 4.86. The highest BCUT2D eigenvalue weighted by molar-refractivity contribution is 5.94. The number of carbonyl (C=O) groups excluding carboxylic acids is 1. The smallest absolute Gasteiger partial charge is 0.229 e. The molecule has 28 heavy (non-hydrogen) atoms. The number of anilines is 1. The summed E-state index contributed by atoms with van der Waals surface area (Å²) in [5.74, 6) is -0.415. The lowest BCUT2D eigenvalue weighted by Gasteiger charge is -2.19. The van der Waals surface area contributed by atoms with E-state index >= 15 is 0 Å². The maximum Gasteiger partial charge on any atom is 0.229 e. The first-order chi connectivity index (χ1) is 13.2. The second-order valence-corrected chi connectivity index (χ2v) is 6.86. The molecule has 3 nitrogen and oxygen atoms in total. The Morgan fingerprint density at radius 2 is 1.61 bits per heavy atom. The molecule has 1 saturated heterocycles. The minimum Gasteiger partial charge on any atom is -0.326 e. The molecule has 3 aromatic rings. The summed E-state index contributed by atoms with van der Waals surface area (Å²) in [6.45, 7) is 1.33. The van der Waals surface area contributed by atoms with Crippen LogP contribution in [0.2, 0.25) is 0 Å². The summed E-state index contributed by atoms with van der Waals surface area (Å²) in [7, 11) is 0. The van der Waals surface area contributed by atoms with Gasteiger partial charge < -0.3 is 10.6 Å². The van der Waals surface area contributed by atoms with Crippen molar-refractivity contribution >= 4 is 24.0 Å². The van der Waals surface area contributed by atoms with Crippen LogP contribution in [0.5, 0.6) is 0 Å². The second kappa shape index (κ2) is 9.00. The summed E-state index contributed by atoms with van der Waals surface area (Å²) in [4.78, 5) is 12.9. The average Bonchev–Trinajstić information content (AvgIpc) is 3.19. The highest BCUT2D eigenvalue weighted by Gasteiger charge is 2.34. The van der Waals surface area contributed by atoms with E-state index in [1.54, 1.807) is 12.1 Å². The van der Waals surface area contributed by atoms with Gasteiger partial charge in [0, 0.05) is 24.7 Å². The van der Waals surface area contributed by atoms with Crippen LogP contribution >= 0.6 is 12.4 Å². The Hall–Kier alpha value is -2.69. The summed E-state index contributed by atoms with van der Waals surface area (Å²) < 4.78 is 13.2. The molecule has 144 valence electrons.